The van der Waals surface area contributed by atoms with Gasteiger partial charge in [-0.3, -0.25) is 0 Å². The molecule has 1 aliphatic carbocycles. The monoisotopic (exact) mass is 259 g/mol. The average Bonchev–Trinajstić information content (AvgIpc) is 3.20. The molecule has 0 saturated heterocycles. The molecule has 102 valence electrons. The molecule has 0 bridgehead atoms. The highest BCUT2D eigenvalue weighted by molar-refractivity contribution is 5.44. The lowest BCUT2D eigenvalue weighted by Gasteiger charge is -2.13. The molecular formula is C14H21N5. The summed E-state index contributed by atoms with van der Waals surface area (Å²) in [6.45, 7) is 5.45. The minimum absolute atomic E-state index is 0.566. The van der Waals surface area contributed by atoms with E-state index in [4.69, 9.17) is 0 Å². The Morgan fingerprint density at radius 2 is 2.05 bits per heavy atom. The van der Waals surface area contributed by atoms with Crippen LogP contribution in [0.2, 0.25) is 0 Å². The molecule has 2 heterocycles. The molecule has 1 fully saturated rings. The van der Waals surface area contributed by atoms with E-state index in [1.54, 1.807) is 0 Å². The van der Waals surface area contributed by atoms with Gasteiger partial charge in [-0.2, -0.15) is 4.52 Å². The van der Waals surface area contributed by atoms with E-state index in [9.17, 15) is 0 Å². The van der Waals surface area contributed by atoms with Gasteiger partial charge in [0, 0.05) is 12.5 Å². The quantitative estimate of drug-likeness (QED) is 0.866. The Morgan fingerprint density at radius 1 is 1.26 bits per heavy atom. The van der Waals surface area contributed by atoms with Crippen molar-refractivity contribution in [3.8, 4) is 0 Å². The van der Waals surface area contributed by atoms with E-state index >= 15 is 0 Å². The van der Waals surface area contributed by atoms with Crippen LogP contribution in [-0.2, 0) is 0 Å². The molecule has 0 amide bonds. The van der Waals surface area contributed by atoms with E-state index in [0.29, 0.717) is 11.8 Å². The maximum atomic E-state index is 4.62. The van der Waals surface area contributed by atoms with Crippen molar-refractivity contribution in [2.75, 3.05) is 11.9 Å². The highest BCUT2D eigenvalue weighted by atomic mass is 15.4. The zero-order valence-electron chi connectivity index (χ0n) is 11.6. The van der Waals surface area contributed by atoms with E-state index in [-0.39, 0.29) is 0 Å². The number of nitrogens with one attached hydrogen (secondary N) is 1. The van der Waals surface area contributed by atoms with E-state index in [1.165, 1.54) is 25.7 Å². The molecule has 0 radical (unpaired) electrons. The van der Waals surface area contributed by atoms with Crippen LogP contribution in [-0.4, -0.2) is 26.4 Å². The van der Waals surface area contributed by atoms with E-state index < -0.39 is 0 Å². The van der Waals surface area contributed by atoms with E-state index in [1.807, 2.05) is 16.6 Å². The summed E-state index contributed by atoms with van der Waals surface area (Å²) in [5.74, 6) is 3.21. The second-order valence-corrected chi connectivity index (χ2v) is 5.38. The van der Waals surface area contributed by atoms with Gasteiger partial charge in [-0.1, -0.05) is 26.7 Å². The smallest absolute Gasteiger partial charge is 0.178 e. The van der Waals surface area contributed by atoms with Crippen LogP contribution in [0.4, 0.5) is 5.82 Å². The highest BCUT2D eigenvalue weighted by Crippen LogP contribution is 2.38. The number of nitrogens with zero attached hydrogens (tertiary/aromatic N) is 4. The minimum atomic E-state index is 0.566. The van der Waals surface area contributed by atoms with Gasteiger partial charge >= 0.3 is 0 Å². The van der Waals surface area contributed by atoms with Gasteiger partial charge in [0.15, 0.2) is 11.5 Å². The van der Waals surface area contributed by atoms with Crippen LogP contribution in [0.15, 0.2) is 12.1 Å². The average molecular weight is 259 g/mol. The predicted octanol–water partition coefficient (Wildman–Crippen LogP) is 2.85. The van der Waals surface area contributed by atoms with Crippen molar-refractivity contribution >= 4 is 11.5 Å². The highest BCUT2D eigenvalue weighted by Gasteiger charge is 2.29. The van der Waals surface area contributed by atoms with Crippen LogP contribution < -0.4 is 5.32 Å². The van der Waals surface area contributed by atoms with Crippen molar-refractivity contribution in [3.05, 3.63) is 18.0 Å². The van der Waals surface area contributed by atoms with Crippen molar-refractivity contribution in [2.45, 2.75) is 45.4 Å². The second kappa shape index (κ2) is 5.15. The third kappa shape index (κ3) is 2.55. The number of fused-ring (bicyclic) bond motifs is 1. The third-order valence-electron chi connectivity index (χ3n) is 3.96. The summed E-state index contributed by atoms with van der Waals surface area (Å²) in [7, 11) is 0. The standard InChI is InChI=1S/C14H21N5/c1-3-10(4-2)9-15-12-7-8-13-16-17-14(11-5-6-11)19(13)18-12/h7-8,10-11H,3-6,9H2,1-2H3,(H,15,18). The fourth-order valence-corrected chi connectivity index (χ4v) is 2.32. The molecule has 1 N–H and O–H groups in total. The van der Waals surface area contributed by atoms with E-state index in [2.05, 4.69) is 34.5 Å². The van der Waals surface area contributed by atoms with Crippen LogP contribution in [0.1, 0.15) is 51.3 Å². The number of rotatable bonds is 6. The lowest BCUT2D eigenvalue weighted by molar-refractivity contribution is 0.518. The van der Waals surface area contributed by atoms with Gasteiger partial charge in [0.1, 0.15) is 5.82 Å². The Balaban J connectivity index is 1.78. The molecule has 0 atom stereocenters. The molecule has 2 aromatic heterocycles. The van der Waals surface area contributed by atoms with Gasteiger partial charge in [-0.25, -0.2) is 0 Å². The molecule has 5 nitrogen and oxygen atoms in total. The fraction of sp³-hybridized carbons (Fsp3) is 0.643. The summed E-state index contributed by atoms with van der Waals surface area (Å²) in [5, 5.41) is 16.5. The van der Waals surface area contributed by atoms with Gasteiger partial charge in [0.05, 0.1) is 0 Å². The Morgan fingerprint density at radius 3 is 2.74 bits per heavy atom. The summed E-state index contributed by atoms with van der Waals surface area (Å²) in [6, 6.07) is 3.98. The third-order valence-corrected chi connectivity index (χ3v) is 3.96. The lowest BCUT2D eigenvalue weighted by Crippen LogP contribution is -2.14. The lowest BCUT2D eigenvalue weighted by atomic mass is 10.0. The minimum Gasteiger partial charge on any atom is -0.368 e. The molecule has 0 aromatic carbocycles. The van der Waals surface area contributed by atoms with Gasteiger partial charge in [0.25, 0.3) is 0 Å². The van der Waals surface area contributed by atoms with Crippen molar-refractivity contribution < 1.29 is 0 Å². The number of aromatic nitrogens is 4. The van der Waals surface area contributed by atoms with Crippen LogP contribution in [0.5, 0.6) is 0 Å². The maximum Gasteiger partial charge on any atom is 0.178 e. The van der Waals surface area contributed by atoms with Crippen molar-refractivity contribution in [2.24, 2.45) is 5.92 Å². The SMILES string of the molecule is CCC(CC)CNc1ccc2nnc(C3CC3)n2n1. The first-order chi connectivity index (χ1) is 9.31. The summed E-state index contributed by atoms with van der Waals surface area (Å²) >= 11 is 0. The molecule has 0 aliphatic heterocycles. The van der Waals surface area contributed by atoms with E-state index in [0.717, 1.165) is 23.8 Å². The van der Waals surface area contributed by atoms with Gasteiger partial charge in [-0.15, -0.1) is 15.3 Å². The first-order valence-electron chi connectivity index (χ1n) is 7.28. The molecule has 19 heavy (non-hydrogen) atoms. The molecule has 3 rings (SSSR count). The molecule has 5 heteroatoms. The molecule has 2 aromatic rings. The predicted molar refractivity (Wildman–Crippen MR) is 75.3 cm³/mol. The number of hydrogen-bond donors (Lipinski definition) is 1. The van der Waals surface area contributed by atoms with Crippen LogP contribution in [0.3, 0.4) is 0 Å². The summed E-state index contributed by atoms with van der Waals surface area (Å²) in [5.41, 5.74) is 0.843. The van der Waals surface area contributed by atoms with Gasteiger partial charge < -0.3 is 5.32 Å². The molecule has 0 unspecified atom stereocenters. The maximum absolute atomic E-state index is 4.62. The summed E-state index contributed by atoms with van der Waals surface area (Å²) in [4.78, 5) is 0. The normalized spacial score (nSPS) is 15.3. The van der Waals surface area contributed by atoms with Gasteiger partial charge in [-0.05, 0) is 30.9 Å². The Kier molecular flexibility index (Phi) is 3.36. The van der Waals surface area contributed by atoms with Crippen molar-refractivity contribution in [3.63, 3.8) is 0 Å². The number of hydrogen-bond acceptors (Lipinski definition) is 4. The summed E-state index contributed by atoms with van der Waals surface area (Å²) in [6.07, 6.45) is 4.83. The van der Waals surface area contributed by atoms with Crippen LogP contribution in [0.25, 0.3) is 5.65 Å². The van der Waals surface area contributed by atoms with Crippen molar-refractivity contribution in [1.82, 2.24) is 19.8 Å². The first-order valence-corrected chi connectivity index (χ1v) is 7.28. The van der Waals surface area contributed by atoms with Gasteiger partial charge in [0.2, 0.25) is 0 Å². The van der Waals surface area contributed by atoms with Crippen LogP contribution >= 0.6 is 0 Å². The van der Waals surface area contributed by atoms with Crippen LogP contribution in [0, 0.1) is 5.92 Å². The largest absolute Gasteiger partial charge is 0.368 e. The summed E-state index contributed by atoms with van der Waals surface area (Å²) < 4.78 is 1.90. The zero-order valence-corrected chi connectivity index (χ0v) is 11.6. The Labute approximate surface area is 113 Å². The second-order valence-electron chi connectivity index (χ2n) is 5.38. The Hall–Kier alpha value is -1.65. The first kappa shape index (κ1) is 12.4. The fourth-order valence-electron chi connectivity index (χ4n) is 2.32. The molecule has 1 aliphatic rings. The topological polar surface area (TPSA) is 55.1 Å². The zero-order chi connectivity index (χ0) is 13.2. The number of anilines is 1. The van der Waals surface area contributed by atoms with Crippen molar-refractivity contribution in [1.29, 1.82) is 0 Å². The Bertz CT molecular complexity index is 554. The molecule has 1 saturated carbocycles. The molecule has 0 spiro atoms. The molecular weight excluding hydrogens is 238 g/mol.